The van der Waals surface area contributed by atoms with E-state index in [1.54, 1.807) is 12.1 Å². The van der Waals surface area contributed by atoms with Gasteiger partial charge in [0.15, 0.2) is 0 Å². The predicted octanol–water partition coefficient (Wildman–Crippen LogP) is 3.68. The van der Waals surface area contributed by atoms with Crippen LogP contribution in [0, 0.1) is 5.82 Å². The van der Waals surface area contributed by atoms with E-state index in [9.17, 15) is 4.39 Å². The summed E-state index contributed by atoms with van der Waals surface area (Å²) >= 11 is 3.56. The molecule has 0 unspecified atom stereocenters. The Morgan fingerprint density at radius 3 is 2.32 bits per heavy atom. The number of nitrogens with two attached hydrogens (primary N) is 1. The lowest BCUT2D eigenvalue weighted by molar-refractivity contribution is 0.627. The maximum Gasteiger partial charge on any atom is 0.123 e. The lowest BCUT2D eigenvalue weighted by Crippen LogP contribution is -2.17. The molecule has 0 saturated carbocycles. The molecule has 4 heteroatoms. The molecule has 2 N–H and O–H groups in total. The second-order valence-corrected chi connectivity index (χ2v) is 5.33. The minimum Gasteiger partial charge on any atom is -0.369 e. The van der Waals surface area contributed by atoms with E-state index in [2.05, 4.69) is 20.8 Å². The Balaban J connectivity index is 2.15. The summed E-state index contributed by atoms with van der Waals surface area (Å²) in [7, 11) is 2.01. The van der Waals surface area contributed by atoms with Crippen LogP contribution < -0.4 is 10.6 Å². The van der Waals surface area contributed by atoms with E-state index >= 15 is 0 Å². The molecule has 2 rings (SSSR count). The minimum absolute atomic E-state index is 0.208. The van der Waals surface area contributed by atoms with Gasteiger partial charge in [-0.15, -0.1) is 0 Å². The van der Waals surface area contributed by atoms with E-state index in [1.807, 2.05) is 25.2 Å². The van der Waals surface area contributed by atoms with Gasteiger partial charge in [-0.1, -0.05) is 18.2 Å². The molecule has 0 amide bonds. The number of halogens is 2. The Labute approximate surface area is 121 Å². The van der Waals surface area contributed by atoms with E-state index < -0.39 is 0 Å². The van der Waals surface area contributed by atoms with Gasteiger partial charge in [-0.2, -0.15) is 0 Å². The van der Waals surface area contributed by atoms with E-state index in [0.717, 1.165) is 27.8 Å². The molecule has 19 heavy (non-hydrogen) atoms. The number of nitrogens with zero attached hydrogens (tertiary/aromatic N) is 1. The average Bonchev–Trinajstić information content (AvgIpc) is 2.41. The molecule has 0 bridgehead atoms. The van der Waals surface area contributed by atoms with Crippen molar-refractivity contribution in [2.45, 2.75) is 13.1 Å². The van der Waals surface area contributed by atoms with E-state index in [-0.39, 0.29) is 5.82 Å². The van der Waals surface area contributed by atoms with Gasteiger partial charge >= 0.3 is 0 Å². The van der Waals surface area contributed by atoms with Gasteiger partial charge in [-0.3, -0.25) is 0 Å². The zero-order valence-electron chi connectivity index (χ0n) is 10.7. The summed E-state index contributed by atoms with van der Waals surface area (Å²) < 4.78 is 13.9. The first kappa shape index (κ1) is 14.0. The average molecular weight is 323 g/mol. The summed E-state index contributed by atoms with van der Waals surface area (Å²) in [6.07, 6.45) is 0. The quantitative estimate of drug-likeness (QED) is 0.930. The highest BCUT2D eigenvalue weighted by Crippen LogP contribution is 2.27. The molecular formula is C15H16BrFN2. The standard InChI is InChI=1S/C15H16BrFN2/c1-19(10-11-2-5-13(17)6-3-11)15-7-4-12(9-18)8-14(15)16/h2-8H,9-10,18H2,1H3. The Morgan fingerprint density at radius 1 is 1.11 bits per heavy atom. The third-order valence-electron chi connectivity index (χ3n) is 2.99. The first-order chi connectivity index (χ1) is 9.10. The normalized spacial score (nSPS) is 10.5. The number of hydrogen-bond donors (Lipinski definition) is 1. The third-order valence-corrected chi connectivity index (χ3v) is 3.63. The SMILES string of the molecule is CN(Cc1ccc(F)cc1)c1ccc(CN)cc1Br. The molecule has 0 heterocycles. The van der Waals surface area contributed by atoms with Gasteiger partial charge in [-0.05, 0) is 51.3 Å². The third kappa shape index (κ3) is 3.55. The highest BCUT2D eigenvalue weighted by molar-refractivity contribution is 9.10. The van der Waals surface area contributed by atoms with Crippen LogP contribution >= 0.6 is 15.9 Å². The largest absolute Gasteiger partial charge is 0.369 e. The van der Waals surface area contributed by atoms with Crippen molar-refractivity contribution in [3.05, 3.63) is 63.9 Å². The van der Waals surface area contributed by atoms with Gasteiger partial charge in [0.25, 0.3) is 0 Å². The molecule has 0 atom stereocenters. The molecule has 2 aromatic carbocycles. The van der Waals surface area contributed by atoms with Crippen molar-refractivity contribution < 1.29 is 4.39 Å². The summed E-state index contributed by atoms with van der Waals surface area (Å²) in [4.78, 5) is 2.11. The molecule has 100 valence electrons. The van der Waals surface area contributed by atoms with Crippen LogP contribution in [0.25, 0.3) is 0 Å². The second kappa shape index (κ2) is 6.17. The lowest BCUT2D eigenvalue weighted by atomic mass is 10.1. The van der Waals surface area contributed by atoms with Crippen LogP contribution in [0.15, 0.2) is 46.9 Å². The summed E-state index contributed by atoms with van der Waals surface area (Å²) in [5, 5.41) is 0. The fourth-order valence-electron chi connectivity index (χ4n) is 1.94. The Morgan fingerprint density at radius 2 is 1.74 bits per heavy atom. The van der Waals surface area contributed by atoms with E-state index in [0.29, 0.717) is 6.54 Å². The number of anilines is 1. The predicted molar refractivity (Wildman–Crippen MR) is 80.5 cm³/mol. The van der Waals surface area contributed by atoms with Crippen molar-refractivity contribution in [3.8, 4) is 0 Å². The van der Waals surface area contributed by atoms with Crippen molar-refractivity contribution in [2.24, 2.45) is 5.73 Å². The van der Waals surface area contributed by atoms with Gasteiger partial charge in [0.1, 0.15) is 5.82 Å². The number of hydrogen-bond acceptors (Lipinski definition) is 2. The van der Waals surface area contributed by atoms with Crippen molar-refractivity contribution in [1.29, 1.82) is 0 Å². The topological polar surface area (TPSA) is 29.3 Å². The van der Waals surface area contributed by atoms with Crippen LogP contribution in [0.4, 0.5) is 10.1 Å². The van der Waals surface area contributed by atoms with Crippen LogP contribution in [-0.4, -0.2) is 7.05 Å². The first-order valence-corrected chi connectivity index (χ1v) is 6.83. The van der Waals surface area contributed by atoms with Gasteiger partial charge in [0.05, 0.1) is 5.69 Å². The molecule has 0 fully saturated rings. The summed E-state index contributed by atoms with van der Waals surface area (Å²) in [6, 6.07) is 12.6. The second-order valence-electron chi connectivity index (χ2n) is 4.47. The molecule has 0 spiro atoms. The van der Waals surface area contributed by atoms with Crippen LogP contribution in [0.5, 0.6) is 0 Å². The molecule has 2 aromatic rings. The molecule has 0 aliphatic heterocycles. The number of rotatable bonds is 4. The maximum atomic E-state index is 12.9. The lowest BCUT2D eigenvalue weighted by Gasteiger charge is -2.21. The first-order valence-electron chi connectivity index (χ1n) is 6.04. The van der Waals surface area contributed by atoms with Crippen molar-refractivity contribution in [3.63, 3.8) is 0 Å². The fourth-order valence-corrected chi connectivity index (χ4v) is 2.66. The fraction of sp³-hybridized carbons (Fsp3) is 0.200. The Bertz CT molecular complexity index is 555. The molecule has 0 saturated heterocycles. The molecule has 0 aliphatic rings. The van der Waals surface area contributed by atoms with Crippen molar-refractivity contribution >= 4 is 21.6 Å². The highest BCUT2D eigenvalue weighted by Gasteiger charge is 2.07. The zero-order chi connectivity index (χ0) is 13.8. The van der Waals surface area contributed by atoms with Crippen LogP contribution in [0.3, 0.4) is 0 Å². The van der Waals surface area contributed by atoms with Crippen LogP contribution in [0.2, 0.25) is 0 Å². The maximum absolute atomic E-state index is 12.9. The molecule has 0 aliphatic carbocycles. The Hall–Kier alpha value is -1.39. The minimum atomic E-state index is -0.208. The smallest absolute Gasteiger partial charge is 0.123 e. The van der Waals surface area contributed by atoms with Crippen molar-refractivity contribution in [2.75, 3.05) is 11.9 Å². The Kier molecular flexibility index (Phi) is 4.56. The zero-order valence-corrected chi connectivity index (χ0v) is 12.3. The van der Waals surface area contributed by atoms with Gasteiger partial charge in [0.2, 0.25) is 0 Å². The van der Waals surface area contributed by atoms with E-state index in [4.69, 9.17) is 5.73 Å². The summed E-state index contributed by atoms with van der Waals surface area (Å²) in [6.45, 7) is 1.25. The highest BCUT2D eigenvalue weighted by atomic mass is 79.9. The molecule has 2 nitrogen and oxygen atoms in total. The van der Waals surface area contributed by atoms with Gasteiger partial charge < -0.3 is 10.6 Å². The molecule has 0 radical (unpaired) electrons. The monoisotopic (exact) mass is 322 g/mol. The van der Waals surface area contributed by atoms with Crippen LogP contribution in [-0.2, 0) is 13.1 Å². The van der Waals surface area contributed by atoms with E-state index in [1.165, 1.54) is 12.1 Å². The molecular weight excluding hydrogens is 307 g/mol. The number of benzene rings is 2. The van der Waals surface area contributed by atoms with Gasteiger partial charge in [0, 0.05) is 24.6 Å². The van der Waals surface area contributed by atoms with Gasteiger partial charge in [-0.25, -0.2) is 4.39 Å². The molecule has 0 aromatic heterocycles. The van der Waals surface area contributed by atoms with Crippen molar-refractivity contribution in [1.82, 2.24) is 0 Å². The van der Waals surface area contributed by atoms with Crippen LogP contribution in [0.1, 0.15) is 11.1 Å². The summed E-state index contributed by atoms with van der Waals surface area (Å²) in [5.41, 5.74) is 8.85. The summed E-state index contributed by atoms with van der Waals surface area (Å²) in [5.74, 6) is -0.208.